The van der Waals surface area contributed by atoms with E-state index >= 15 is 0 Å². The van der Waals surface area contributed by atoms with Crippen LogP contribution in [0.2, 0.25) is 0 Å². The van der Waals surface area contributed by atoms with Gasteiger partial charge in [-0.3, -0.25) is 4.79 Å². The molecule has 2 aromatic rings. The molecule has 0 N–H and O–H groups in total. The van der Waals surface area contributed by atoms with Gasteiger partial charge in [-0.1, -0.05) is 18.2 Å². The summed E-state index contributed by atoms with van der Waals surface area (Å²) in [5.41, 5.74) is 0.746. The van der Waals surface area contributed by atoms with Crippen LogP contribution in [0.5, 0.6) is 0 Å². The fourth-order valence-corrected chi connectivity index (χ4v) is 1.56. The van der Waals surface area contributed by atoms with Crippen molar-refractivity contribution in [1.29, 1.82) is 0 Å². The van der Waals surface area contributed by atoms with Crippen LogP contribution in [-0.4, -0.2) is 19.0 Å². The van der Waals surface area contributed by atoms with E-state index in [2.05, 4.69) is 0 Å². The highest BCUT2D eigenvalue weighted by Crippen LogP contribution is 2.20. The molecule has 1 aromatic carbocycles. The monoisotopic (exact) mass is 218 g/mol. The van der Waals surface area contributed by atoms with E-state index < -0.39 is 0 Å². The van der Waals surface area contributed by atoms with Gasteiger partial charge < -0.3 is 9.15 Å². The fourth-order valence-electron chi connectivity index (χ4n) is 1.56. The molecule has 2 rings (SSSR count). The number of hydrogen-bond donors (Lipinski definition) is 0. The van der Waals surface area contributed by atoms with Crippen LogP contribution in [-0.2, 0) is 4.74 Å². The third-order valence-corrected chi connectivity index (χ3v) is 2.58. The Labute approximate surface area is 94.0 Å². The summed E-state index contributed by atoms with van der Waals surface area (Å²) in [5, 5.41) is 0.955. The second kappa shape index (κ2) is 4.49. The summed E-state index contributed by atoms with van der Waals surface area (Å²) in [5.74, 6) is 0.385. The molecule has 0 saturated carbocycles. The van der Waals surface area contributed by atoms with E-state index in [0.717, 1.165) is 11.0 Å². The minimum atomic E-state index is -0.0827. The van der Waals surface area contributed by atoms with Crippen molar-refractivity contribution in [3.05, 3.63) is 36.1 Å². The number of carbonyl (C=O) groups excluding carboxylic acids is 1. The van der Waals surface area contributed by atoms with E-state index in [1.165, 1.54) is 0 Å². The molecule has 3 heteroatoms. The lowest BCUT2D eigenvalue weighted by atomic mass is 10.1. The number of carbonyl (C=O) groups is 1. The molecule has 0 spiro atoms. The quantitative estimate of drug-likeness (QED) is 0.740. The highest BCUT2D eigenvalue weighted by Gasteiger charge is 2.14. The van der Waals surface area contributed by atoms with Gasteiger partial charge in [0.05, 0.1) is 6.10 Å². The van der Waals surface area contributed by atoms with E-state index in [1.807, 2.05) is 31.2 Å². The summed E-state index contributed by atoms with van der Waals surface area (Å²) in [6.45, 7) is 1.86. The molecule has 1 aromatic heterocycles. The minimum Gasteiger partial charge on any atom is -0.453 e. The van der Waals surface area contributed by atoms with Crippen molar-refractivity contribution in [2.75, 3.05) is 7.11 Å². The number of ketones is 1. The fraction of sp³-hybridized carbons (Fsp3) is 0.308. The molecule has 0 aliphatic carbocycles. The summed E-state index contributed by atoms with van der Waals surface area (Å²) in [7, 11) is 1.59. The average Bonchev–Trinajstić information content (AvgIpc) is 2.72. The molecular weight excluding hydrogens is 204 g/mol. The van der Waals surface area contributed by atoms with Crippen LogP contribution in [0.3, 0.4) is 0 Å². The summed E-state index contributed by atoms with van der Waals surface area (Å²) < 4.78 is 10.5. The first kappa shape index (κ1) is 10.9. The normalized spacial score (nSPS) is 12.9. The van der Waals surface area contributed by atoms with Crippen LogP contribution >= 0.6 is 0 Å². The van der Waals surface area contributed by atoms with Crippen LogP contribution in [0.1, 0.15) is 23.9 Å². The molecule has 1 atom stereocenters. The highest BCUT2D eigenvalue weighted by molar-refractivity contribution is 5.97. The Morgan fingerprint density at radius 1 is 1.44 bits per heavy atom. The van der Waals surface area contributed by atoms with Gasteiger partial charge in [-0.25, -0.2) is 0 Å². The van der Waals surface area contributed by atoms with E-state index in [-0.39, 0.29) is 11.9 Å². The lowest BCUT2D eigenvalue weighted by Gasteiger charge is -2.05. The SMILES string of the molecule is COC(C)CC(=O)c1cc2ccccc2o1. The summed E-state index contributed by atoms with van der Waals surface area (Å²) in [4.78, 5) is 11.8. The van der Waals surface area contributed by atoms with E-state index in [1.54, 1.807) is 13.2 Å². The Balaban J connectivity index is 2.23. The smallest absolute Gasteiger partial charge is 0.200 e. The maximum atomic E-state index is 11.8. The van der Waals surface area contributed by atoms with Gasteiger partial charge >= 0.3 is 0 Å². The van der Waals surface area contributed by atoms with Crippen LogP contribution in [0.4, 0.5) is 0 Å². The van der Waals surface area contributed by atoms with Crippen molar-refractivity contribution >= 4 is 16.8 Å². The van der Waals surface area contributed by atoms with Crippen LogP contribution in [0, 0.1) is 0 Å². The largest absolute Gasteiger partial charge is 0.453 e. The number of benzene rings is 1. The number of methoxy groups -OCH3 is 1. The number of ether oxygens (including phenoxy) is 1. The first-order chi connectivity index (χ1) is 7.70. The van der Waals surface area contributed by atoms with Gasteiger partial charge in [0, 0.05) is 18.9 Å². The van der Waals surface area contributed by atoms with E-state index in [4.69, 9.17) is 9.15 Å². The Morgan fingerprint density at radius 3 is 2.88 bits per heavy atom. The highest BCUT2D eigenvalue weighted by atomic mass is 16.5. The van der Waals surface area contributed by atoms with Crippen LogP contribution in [0.15, 0.2) is 34.7 Å². The molecule has 16 heavy (non-hydrogen) atoms. The van der Waals surface area contributed by atoms with Gasteiger partial charge in [-0.2, -0.15) is 0 Å². The zero-order valence-electron chi connectivity index (χ0n) is 9.40. The van der Waals surface area contributed by atoms with E-state index in [9.17, 15) is 4.79 Å². The first-order valence-corrected chi connectivity index (χ1v) is 5.25. The van der Waals surface area contributed by atoms with Crippen molar-refractivity contribution < 1.29 is 13.9 Å². The van der Waals surface area contributed by atoms with Gasteiger partial charge in [-0.15, -0.1) is 0 Å². The topological polar surface area (TPSA) is 39.4 Å². The molecule has 0 bridgehead atoms. The van der Waals surface area contributed by atoms with Crippen molar-refractivity contribution in [1.82, 2.24) is 0 Å². The molecule has 0 aliphatic heterocycles. The Kier molecular flexibility index (Phi) is 3.06. The van der Waals surface area contributed by atoms with Crippen LogP contribution in [0.25, 0.3) is 11.0 Å². The predicted octanol–water partition coefficient (Wildman–Crippen LogP) is 3.04. The zero-order valence-corrected chi connectivity index (χ0v) is 9.40. The van der Waals surface area contributed by atoms with Gasteiger partial charge in [-0.05, 0) is 19.1 Å². The molecule has 1 heterocycles. The van der Waals surface area contributed by atoms with E-state index in [0.29, 0.717) is 12.2 Å². The summed E-state index contributed by atoms with van der Waals surface area (Å²) in [6.07, 6.45) is 0.261. The van der Waals surface area contributed by atoms with Crippen molar-refractivity contribution in [3.8, 4) is 0 Å². The standard InChI is InChI=1S/C13H14O3/c1-9(15-2)7-11(14)13-8-10-5-3-4-6-12(10)16-13/h3-6,8-9H,7H2,1-2H3. The maximum Gasteiger partial charge on any atom is 0.200 e. The second-order valence-corrected chi connectivity index (χ2v) is 3.82. The first-order valence-electron chi connectivity index (χ1n) is 5.25. The Bertz CT molecular complexity index is 466. The number of hydrogen-bond acceptors (Lipinski definition) is 3. The summed E-state index contributed by atoms with van der Waals surface area (Å²) in [6, 6.07) is 9.36. The Morgan fingerprint density at radius 2 is 2.19 bits per heavy atom. The third kappa shape index (κ3) is 2.14. The lowest BCUT2D eigenvalue weighted by Crippen LogP contribution is -2.11. The molecule has 3 nitrogen and oxygen atoms in total. The molecule has 0 fully saturated rings. The zero-order chi connectivity index (χ0) is 11.5. The minimum absolute atomic E-state index is 0.0226. The molecule has 0 amide bonds. The Hall–Kier alpha value is -1.61. The number of para-hydroxylation sites is 1. The lowest BCUT2D eigenvalue weighted by molar-refractivity contribution is 0.0770. The number of furan rings is 1. The van der Waals surface area contributed by atoms with Gasteiger partial charge in [0.15, 0.2) is 5.76 Å². The van der Waals surface area contributed by atoms with Crippen LogP contribution < -0.4 is 0 Å². The molecule has 1 unspecified atom stereocenters. The molecule has 0 saturated heterocycles. The number of rotatable bonds is 4. The molecule has 0 aliphatic rings. The number of Topliss-reactive ketones (excluding diaryl/α,β-unsaturated/α-hetero) is 1. The number of fused-ring (bicyclic) bond motifs is 1. The molecular formula is C13H14O3. The molecule has 0 radical (unpaired) electrons. The van der Waals surface area contributed by atoms with Crippen molar-refractivity contribution in [3.63, 3.8) is 0 Å². The van der Waals surface area contributed by atoms with Crippen molar-refractivity contribution in [2.45, 2.75) is 19.4 Å². The molecule has 84 valence electrons. The third-order valence-electron chi connectivity index (χ3n) is 2.58. The average molecular weight is 218 g/mol. The van der Waals surface area contributed by atoms with Gasteiger partial charge in [0.25, 0.3) is 0 Å². The second-order valence-electron chi connectivity index (χ2n) is 3.82. The maximum absolute atomic E-state index is 11.8. The predicted molar refractivity (Wildman–Crippen MR) is 61.6 cm³/mol. The van der Waals surface area contributed by atoms with Gasteiger partial charge in [0.1, 0.15) is 5.58 Å². The summed E-state index contributed by atoms with van der Waals surface area (Å²) >= 11 is 0. The van der Waals surface area contributed by atoms with Gasteiger partial charge in [0.2, 0.25) is 5.78 Å². The van der Waals surface area contributed by atoms with Crippen molar-refractivity contribution in [2.24, 2.45) is 0 Å².